The fraction of sp³-hybridized carbons (Fsp3) is 0.0909. The van der Waals surface area contributed by atoms with Crippen LogP contribution in [0.1, 0.15) is 22.9 Å². The Bertz CT molecular complexity index is 1100. The summed E-state index contributed by atoms with van der Waals surface area (Å²) in [6.07, 6.45) is 3.33. The minimum Gasteiger partial charge on any atom is -0.505 e. The Morgan fingerprint density at radius 1 is 0.963 bits per heavy atom. The highest BCUT2D eigenvalue weighted by Crippen LogP contribution is 2.37. The van der Waals surface area contributed by atoms with Crippen molar-refractivity contribution in [1.82, 2.24) is 9.97 Å². The highest BCUT2D eigenvalue weighted by atomic mass is 19.1. The van der Waals surface area contributed by atoms with Gasteiger partial charge < -0.3 is 10.4 Å². The van der Waals surface area contributed by atoms with E-state index >= 15 is 0 Å². The van der Waals surface area contributed by atoms with Gasteiger partial charge in [0, 0.05) is 34.6 Å². The van der Waals surface area contributed by atoms with Crippen LogP contribution in [0.3, 0.4) is 0 Å². The molecule has 2 N–H and O–H groups in total. The van der Waals surface area contributed by atoms with Crippen LogP contribution in [0.5, 0.6) is 5.75 Å². The molecule has 0 bridgehead atoms. The molecule has 2 heterocycles. The van der Waals surface area contributed by atoms with Gasteiger partial charge >= 0.3 is 0 Å². The number of aromatic hydroxyl groups is 1. The van der Waals surface area contributed by atoms with Crippen LogP contribution in [-0.2, 0) is 0 Å². The molecule has 4 rings (SSSR count). The zero-order valence-corrected chi connectivity index (χ0v) is 14.7. The van der Waals surface area contributed by atoms with Crippen LogP contribution in [0.4, 0.5) is 10.1 Å². The first-order valence-corrected chi connectivity index (χ1v) is 8.63. The predicted octanol–water partition coefficient (Wildman–Crippen LogP) is 4.98. The van der Waals surface area contributed by atoms with Crippen molar-refractivity contribution in [2.45, 2.75) is 13.0 Å². The number of phenols is 1. The summed E-state index contributed by atoms with van der Waals surface area (Å²) < 4.78 is 14.6. The van der Waals surface area contributed by atoms with Crippen molar-refractivity contribution in [1.29, 1.82) is 0 Å². The van der Waals surface area contributed by atoms with Gasteiger partial charge in [-0.15, -0.1) is 0 Å². The van der Waals surface area contributed by atoms with Gasteiger partial charge in [0.15, 0.2) is 0 Å². The zero-order valence-electron chi connectivity index (χ0n) is 14.7. The second-order valence-electron chi connectivity index (χ2n) is 6.37. The van der Waals surface area contributed by atoms with Crippen LogP contribution in [0.2, 0.25) is 0 Å². The SMILES string of the molecule is Cc1ccc2ccc(C(Nc3cccnc3)c3ccccc3F)c(O)c2n1. The quantitative estimate of drug-likeness (QED) is 0.539. The Labute approximate surface area is 156 Å². The van der Waals surface area contributed by atoms with Crippen molar-refractivity contribution in [3.05, 3.63) is 95.7 Å². The average molecular weight is 359 g/mol. The van der Waals surface area contributed by atoms with Gasteiger partial charge in [-0.3, -0.25) is 4.98 Å². The number of hydrogen-bond acceptors (Lipinski definition) is 4. The fourth-order valence-corrected chi connectivity index (χ4v) is 3.17. The zero-order chi connectivity index (χ0) is 18.8. The molecular formula is C22H18FN3O. The van der Waals surface area contributed by atoms with Crippen LogP contribution in [0, 0.1) is 12.7 Å². The van der Waals surface area contributed by atoms with E-state index in [1.807, 2.05) is 31.2 Å². The lowest BCUT2D eigenvalue weighted by Crippen LogP contribution is -2.14. The predicted molar refractivity (Wildman–Crippen MR) is 104 cm³/mol. The molecule has 0 fully saturated rings. The number of benzene rings is 2. The Kier molecular flexibility index (Phi) is 4.42. The van der Waals surface area contributed by atoms with Crippen molar-refractivity contribution in [2.24, 2.45) is 0 Å². The highest BCUT2D eigenvalue weighted by molar-refractivity contribution is 5.86. The molecule has 0 aliphatic carbocycles. The number of aryl methyl sites for hydroxylation is 1. The molecule has 27 heavy (non-hydrogen) atoms. The van der Waals surface area contributed by atoms with E-state index < -0.39 is 6.04 Å². The number of nitrogens with one attached hydrogen (secondary N) is 1. The molecule has 2 aromatic carbocycles. The van der Waals surface area contributed by atoms with Gasteiger partial charge in [-0.1, -0.05) is 36.4 Å². The third-order valence-corrected chi connectivity index (χ3v) is 4.51. The minimum atomic E-state index is -0.595. The van der Waals surface area contributed by atoms with Crippen LogP contribution in [-0.4, -0.2) is 15.1 Å². The number of hydrogen-bond donors (Lipinski definition) is 2. The summed E-state index contributed by atoms with van der Waals surface area (Å²) in [6, 6.07) is 17.1. The number of pyridine rings is 2. The second-order valence-corrected chi connectivity index (χ2v) is 6.37. The molecule has 0 aliphatic rings. The second kappa shape index (κ2) is 7.03. The molecular weight excluding hydrogens is 341 g/mol. The fourth-order valence-electron chi connectivity index (χ4n) is 3.17. The molecule has 1 unspecified atom stereocenters. The first-order chi connectivity index (χ1) is 13.1. The van der Waals surface area contributed by atoms with E-state index in [1.165, 1.54) is 6.07 Å². The Hall–Kier alpha value is -3.47. The molecule has 2 aromatic heterocycles. The van der Waals surface area contributed by atoms with Gasteiger partial charge in [-0.05, 0) is 31.2 Å². The first kappa shape index (κ1) is 17.0. The van der Waals surface area contributed by atoms with Crippen molar-refractivity contribution in [3.8, 4) is 5.75 Å². The topological polar surface area (TPSA) is 58.0 Å². The number of fused-ring (bicyclic) bond motifs is 1. The maximum atomic E-state index is 14.6. The van der Waals surface area contributed by atoms with Gasteiger partial charge in [0.25, 0.3) is 0 Å². The largest absolute Gasteiger partial charge is 0.505 e. The summed E-state index contributed by atoms with van der Waals surface area (Å²) in [7, 11) is 0. The van der Waals surface area contributed by atoms with Crippen molar-refractivity contribution < 1.29 is 9.50 Å². The maximum Gasteiger partial charge on any atom is 0.147 e. The number of rotatable bonds is 4. The van der Waals surface area contributed by atoms with Gasteiger partial charge in [-0.25, -0.2) is 9.37 Å². The van der Waals surface area contributed by atoms with E-state index in [4.69, 9.17) is 0 Å². The lowest BCUT2D eigenvalue weighted by atomic mass is 9.95. The molecule has 4 nitrogen and oxygen atoms in total. The van der Waals surface area contributed by atoms with Crippen molar-refractivity contribution in [3.63, 3.8) is 0 Å². The molecule has 0 amide bonds. The summed E-state index contributed by atoms with van der Waals surface area (Å²) in [6.45, 7) is 1.87. The Morgan fingerprint density at radius 3 is 2.56 bits per heavy atom. The molecule has 134 valence electrons. The standard InChI is InChI=1S/C22H18FN3O/c1-14-8-9-15-10-11-18(22(27)20(15)25-14)21(17-6-2-3-7-19(17)23)26-16-5-4-12-24-13-16/h2-13,21,26-27H,1H3. The summed E-state index contributed by atoms with van der Waals surface area (Å²) >= 11 is 0. The Balaban J connectivity index is 1.89. The minimum absolute atomic E-state index is 0.0424. The molecule has 0 aliphatic heterocycles. The summed E-state index contributed by atoms with van der Waals surface area (Å²) in [5.74, 6) is -0.309. The summed E-state index contributed by atoms with van der Waals surface area (Å²) in [4.78, 5) is 8.56. The molecule has 4 aromatic rings. The normalized spacial score (nSPS) is 12.1. The monoisotopic (exact) mass is 359 g/mol. The van der Waals surface area contributed by atoms with E-state index in [1.54, 1.807) is 42.7 Å². The lowest BCUT2D eigenvalue weighted by Gasteiger charge is -2.22. The smallest absolute Gasteiger partial charge is 0.147 e. The first-order valence-electron chi connectivity index (χ1n) is 8.63. The molecule has 5 heteroatoms. The van der Waals surface area contributed by atoms with Gasteiger partial charge in [-0.2, -0.15) is 0 Å². The maximum absolute atomic E-state index is 14.6. The summed E-state index contributed by atoms with van der Waals surface area (Å²) in [5, 5.41) is 15.0. The number of aromatic nitrogens is 2. The van der Waals surface area contributed by atoms with Gasteiger partial charge in [0.2, 0.25) is 0 Å². The molecule has 0 radical (unpaired) electrons. The van der Waals surface area contributed by atoms with Crippen LogP contribution < -0.4 is 5.32 Å². The summed E-state index contributed by atoms with van der Waals surface area (Å²) in [5.41, 5.74) is 3.01. The number of phenolic OH excluding ortho intramolecular Hbond substituents is 1. The van der Waals surface area contributed by atoms with Crippen molar-refractivity contribution in [2.75, 3.05) is 5.32 Å². The number of nitrogens with zero attached hydrogens (tertiary/aromatic N) is 2. The van der Waals surface area contributed by atoms with E-state index in [0.29, 0.717) is 16.6 Å². The van der Waals surface area contributed by atoms with E-state index in [2.05, 4.69) is 15.3 Å². The van der Waals surface area contributed by atoms with E-state index in [-0.39, 0.29) is 11.6 Å². The van der Waals surface area contributed by atoms with Crippen LogP contribution >= 0.6 is 0 Å². The lowest BCUT2D eigenvalue weighted by molar-refractivity contribution is 0.470. The molecule has 0 saturated carbocycles. The Morgan fingerprint density at radius 2 is 1.78 bits per heavy atom. The van der Waals surface area contributed by atoms with Gasteiger partial charge in [0.05, 0.1) is 11.7 Å². The highest BCUT2D eigenvalue weighted by Gasteiger charge is 2.22. The average Bonchev–Trinajstić information content (AvgIpc) is 2.69. The van der Waals surface area contributed by atoms with Crippen LogP contribution in [0.15, 0.2) is 73.1 Å². The van der Waals surface area contributed by atoms with Crippen molar-refractivity contribution >= 4 is 16.6 Å². The van der Waals surface area contributed by atoms with E-state index in [9.17, 15) is 9.50 Å². The number of anilines is 1. The third kappa shape index (κ3) is 3.31. The van der Waals surface area contributed by atoms with Crippen LogP contribution in [0.25, 0.3) is 10.9 Å². The molecule has 1 atom stereocenters. The molecule has 0 spiro atoms. The number of halogens is 1. The van der Waals surface area contributed by atoms with Gasteiger partial charge in [0.1, 0.15) is 17.1 Å². The molecule has 0 saturated heterocycles. The van der Waals surface area contributed by atoms with E-state index in [0.717, 1.165) is 16.8 Å². The third-order valence-electron chi connectivity index (χ3n) is 4.51.